The van der Waals surface area contributed by atoms with Crippen LogP contribution >= 0.6 is 0 Å². The fourth-order valence-corrected chi connectivity index (χ4v) is 4.76. The van der Waals surface area contributed by atoms with Crippen molar-refractivity contribution >= 4 is 20.2 Å². The van der Waals surface area contributed by atoms with Crippen molar-refractivity contribution in [2.24, 2.45) is 5.92 Å². The molecule has 0 bridgehead atoms. The summed E-state index contributed by atoms with van der Waals surface area (Å²) in [5, 5.41) is 9.21. The molecule has 2 nitrogen and oxygen atoms in total. The number of ether oxygens (including phenoxy) is 1. The van der Waals surface area contributed by atoms with Crippen LogP contribution in [0.25, 0.3) is 0 Å². The molecule has 0 saturated heterocycles. The van der Waals surface area contributed by atoms with E-state index in [0.717, 1.165) is 0 Å². The molecule has 0 radical (unpaired) electrons. The van der Waals surface area contributed by atoms with E-state index in [4.69, 9.17) is 4.74 Å². The van der Waals surface area contributed by atoms with E-state index in [-0.39, 0.29) is 9.47 Å². The van der Waals surface area contributed by atoms with Gasteiger partial charge in [0, 0.05) is 0 Å². The summed E-state index contributed by atoms with van der Waals surface area (Å²) < 4.78 is 5.18. The van der Waals surface area contributed by atoms with Crippen LogP contribution in [0.3, 0.4) is 0 Å². The first-order valence-electron chi connectivity index (χ1n) is 4.51. The summed E-state index contributed by atoms with van der Waals surface area (Å²) in [7, 11) is 1.71. The summed E-state index contributed by atoms with van der Waals surface area (Å²) in [5.41, 5.74) is 0. The SMILES string of the molecule is COC(C)C(C)[C](C)(C#N)[Sb]([CH3])[CH3]. The van der Waals surface area contributed by atoms with Crippen LogP contribution in [-0.4, -0.2) is 33.4 Å². The van der Waals surface area contributed by atoms with Crippen LogP contribution in [0.1, 0.15) is 20.8 Å². The summed E-state index contributed by atoms with van der Waals surface area (Å²) in [4.78, 5) is 4.54. The van der Waals surface area contributed by atoms with Gasteiger partial charge in [0.2, 0.25) is 0 Å². The average molecular weight is 292 g/mol. The van der Waals surface area contributed by atoms with Gasteiger partial charge >= 0.3 is 89.3 Å². The second kappa shape index (κ2) is 5.22. The van der Waals surface area contributed by atoms with Crippen LogP contribution < -0.4 is 0 Å². The van der Waals surface area contributed by atoms with Crippen LogP contribution in [0.4, 0.5) is 0 Å². The quantitative estimate of drug-likeness (QED) is 0.746. The van der Waals surface area contributed by atoms with E-state index in [1.807, 2.05) is 6.92 Å². The third kappa shape index (κ3) is 2.86. The van der Waals surface area contributed by atoms with Crippen molar-refractivity contribution < 1.29 is 4.74 Å². The second-order valence-corrected chi connectivity index (χ2v) is 11.6. The van der Waals surface area contributed by atoms with Gasteiger partial charge in [-0.3, -0.25) is 0 Å². The van der Waals surface area contributed by atoms with Crippen molar-refractivity contribution in [3.63, 3.8) is 0 Å². The van der Waals surface area contributed by atoms with Gasteiger partial charge in [0.1, 0.15) is 0 Å². The monoisotopic (exact) mass is 291 g/mol. The van der Waals surface area contributed by atoms with Crippen molar-refractivity contribution in [1.29, 1.82) is 5.26 Å². The number of methoxy groups -OCH3 is 1. The fourth-order valence-electron chi connectivity index (χ4n) is 1.27. The molecule has 0 rings (SSSR count). The zero-order valence-electron chi connectivity index (χ0n) is 9.46. The normalized spacial score (nSPS) is 20.5. The Labute approximate surface area is 89.2 Å². The van der Waals surface area contributed by atoms with Gasteiger partial charge in [-0.05, 0) is 0 Å². The van der Waals surface area contributed by atoms with E-state index in [1.165, 1.54) is 0 Å². The predicted molar refractivity (Wildman–Crippen MR) is 57.1 cm³/mol. The van der Waals surface area contributed by atoms with Crippen LogP contribution in [0.2, 0.25) is 13.1 Å². The fraction of sp³-hybridized carbons (Fsp3) is 0.900. The van der Waals surface area contributed by atoms with Gasteiger partial charge in [-0.2, -0.15) is 0 Å². The molecule has 0 aliphatic carbocycles. The van der Waals surface area contributed by atoms with E-state index in [2.05, 4.69) is 29.7 Å². The molecular weight excluding hydrogens is 272 g/mol. The molecule has 0 heterocycles. The minimum atomic E-state index is -1.39. The van der Waals surface area contributed by atoms with Gasteiger partial charge in [-0.25, -0.2) is 0 Å². The first kappa shape index (κ1) is 13.3. The molecule has 0 fully saturated rings. The van der Waals surface area contributed by atoms with Crippen LogP contribution in [0, 0.1) is 17.2 Å². The molecule has 0 spiro atoms. The zero-order chi connectivity index (χ0) is 10.6. The predicted octanol–water partition coefficient (Wildman–Crippen LogP) is 2.70. The van der Waals surface area contributed by atoms with Crippen molar-refractivity contribution in [1.82, 2.24) is 0 Å². The Bertz CT molecular complexity index is 200. The van der Waals surface area contributed by atoms with Crippen molar-refractivity contribution in [3.8, 4) is 6.07 Å². The van der Waals surface area contributed by atoms with Crippen molar-refractivity contribution in [3.05, 3.63) is 0 Å². The maximum atomic E-state index is 9.21. The number of rotatable bonds is 4. The summed E-state index contributed by atoms with van der Waals surface area (Å²) in [6, 6.07) is 2.49. The Morgan fingerprint density at radius 2 is 1.85 bits per heavy atom. The van der Waals surface area contributed by atoms with Gasteiger partial charge in [0.05, 0.1) is 0 Å². The molecule has 3 unspecified atom stereocenters. The first-order valence-corrected chi connectivity index (χ1v) is 10.9. The molecule has 0 aromatic carbocycles. The molecule has 3 heteroatoms. The number of hydrogen-bond donors (Lipinski definition) is 0. The molecule has 13 heavy (non-hydrogen) atoms. The average Bonchev–Trinajstić information content (AvgIpc) is 2.13. The minimum absolute atomic E-state index is 0.113. The van der Waals surface area contributed by atoms with E-state index >= 15 is 0 Å². The van der Waals surface area contributed by atoms with Gasteiger partial charge in [0.15, 0.2) is 0 Å². The van der Waals surface area contributed by atoms with Crippen LogP contribution in [0.5, 0.6) is 0 Å². The van der Waals surface area contributed by atoms with Gasteiger partial charge in [-0.15, -0.1) is 0 Å². The Balaban J connectivity index is 4.69. The van der Waals surface area contributed by atoms with Gasteiger partial charge < -0.3 is 0 Å². The Morgan fingerprint density at radius 1 is 1.38 bits per heavy atom. The van der Waals surface area contributed by atoms with Gasteiger partial charge in [0.25, 0.3) is 0 Å². The summed E-state index contributed by atoms with van der Waals surface area (Å²) in [6.45, 7) is 6.27. The molecular formula is C10H20NOSb. The number of nitrogens with zero attached hydrogens (tertiary/aromatic N) is 1. The Hall–Kier alpha value is 0.268. The summed E-state index contributed by atoms with van der Waals surface area (Å²) in [5.74, 6) is 0.334. The molecule has 3 atom stereocenters. The van der Waals surface area contributed by atoms with Crippen molar-refractivity contribution in [2.75, 3.05) is 7.11 Å². The molecule has 0 saturated carbocycles. The molecule has 0 aliphatic rings. The maximum absolute atomic E-state index is 9.21. The van der Waals surface area contributed by atoms with Crippen LogP contribution in [-0.2, 0) is 4.74 Å². The van der Waals surface area contributed by atoms with Crippen LogP contribution in [0.15, 0.2) is 0 Å². The van der Waals surface area contributed by atoms with E-state index in [9.17, 15) is 5.26 Å². The van der Waals surface area contributed by atoms with E-state index in [1.54, 1.807) is 7.11 Å². The number of hydrogen-bond acceptors (Lipinski definition) is 2. The Morgan fingerprint density at radius 3 is 2.08 bits per heavy atom. The zero-order valence-corrected chi connectivity index (χ0v) is 12.0. The summed E-state index contributed by atoms with van der Waals surface area (Å²) in [6.07, 6.45) is 0.177. The van der Waals surface area contributed by atoms with E-state index < -0.39 is 20.2 Å². The standard InChI is InChI=1S/C8H14NO.2CH3.Sb/c1-6(5-9)7(2)8(3)10-4;;;/h7-8H,1-4H3;2*1H3;. The molecule has 76 valence electrons. The topological polar surface area (TPSA) is 33.0 Å². The van der Waals surface area contributed by atoms with Gasteiger partial charge in [-0.1, -0.05) is 0 Å². The molecule has 0 N–H and O–H groups in total. The molecule has 0 aromatic heterocycles. The third-order valence-electron chi connectivity index (χ3n) is 3.12. The first-order chi connectivity index (χ1) is 5.90. The second-order valence-electron chi connectivity index (χ2n) is 3.88. The van der Waals surface area contributed by atoms with E-state index in [0.29, 0.717) is 5.92 Å². The Kier molecular flexibility index (Phi) is 5.33. The number of nitriles is 1. The molecule has 0 amide bonds. The summed E-state index contributed by atoms with van der Waals surface area (Å²) >= 11 is -1.39. The molecule has 0 aliphatic heterocycles. The molecule has 0 aromatic rings. The third-order valence-corrected chi connectivity index (χ3v) is 9.87. The van der Waals surface area contributed by atoms with Crippen molar-refractivity contribution in [2.45, 2.75) is 40.0 Å².